The van der Waals surface area contributed by atoms with Gasteiger partial charge in [-0.3, -0.25) is 4.79 Å². The van der Waals surface area contributed by atoms with Gasteiger partial charge in [-0.2, -0.15) is 0 Å². The van der Waals surface area contributed by atoms with Crippen molar-refractivity contribution >= 4 is 5.91 Å². The summed E-state index contributed by atoms with van der Waals surface area (Å²) < 4.78 is 18.9. The largest absolute Gasteiger partial charge is 0.372 e. The Morgan fingerprint density at radius 3 is 2.14 bits per heavy atom. The maximum atomic E-state index is 13.4. The number of amides is 1. The first-order valence-electron chi connectivity index (χ1n) is 4.94. The molecule has 1 fully saturated rings. The third-order valence-electron chi connectivity index (χ3n) is 2.22. The molecule has 0 spiro atoms. The molecule has 1 aliphatic heterocycles. The topological polar surface area (TPSA) is 29.5 Å². The van der Waals surface area contributed by atoms with E-state index in [1.54, 1.807) is 4.90 Å². The predicted molar refractivity (Wildman–Crippen MR) is 51.8 cm³/mol. The van der Waals surface area contributed by atoms with Gasteiger partial charge in [0.25, 0.3) is 5.91 Å². The van der Waals surface area contributed by atoms with Gasteiger partial charge in [0.15, 0.2) is 5.67 Å². The van der Waals surface area contributed by atoms with Crippen LogP contribution in [0.4, 0.5) is 4.39 Å². The minimum absolute atomic E-state index is 0.00921. The first kappa shape index (κ1) is 11.4. The maximum Gasteiger partial charge on any atom is 0.259 e. The van der Waals surface area contributed by atoms with Crippen LogP contribution in [-0.4, -0.2) is 41.8 Å². The highest BCUT2D eigenvalue weighted by Crippen LogP contribution is 2.18. The molecule has 1 saturated heterocycles. The first-order chi connectivity index (χ1) is 6.30. The van der Waals surface area contributed by atoms with Gasteiger partial charge in [0.1, 0.15) is 0 Å². The van der Waals surface area contributed by atoms with E-state index in [0.29, 0.717) is 13.1 Å². The zero-order chi connectivity index (χ0) is 10.9. The highest BCUT2D eigenvalue weighted by Gasteiger charge is 2.35. The predicted octanol–water partition coefficient (Wildman–Crippen LogP) is 1.37. The molecular formula is C10H18FNO2. The normalized spacial score (nSPS) is 29.1. The summed E-state index contributed by atoms with van der Waals surface area (Å²) in [5, 5.41) is 0. The van der Waals surface area contributed by atoms with Crippen molar-refractivity contribution in [2.45, 2.75) is 45.6 Å². The molecule has 1 aliphatic rings. The van der Waals surface area contributed by atoms with Crippen LogP contribution in [0.3, 0.4) is 0 Å². The average molecular weight is 203 g/mol. The number of nitrogens with zero attached hydrogens (tertiary/aromatic N) is 1. The van der Waals surface area contributed by atoms with E-state index in [9.17, 15) is 9.18 Å². The van der Waals surface area contributed by atoms with Crippen LogP contribution in [0.15, 0.2) is 0 Å². The van der Waals surface area contributed by atoms with E-state index in [4.69, 9.17) is 4.74 Å². The highest BCUT2D eigenvalue weighted by molar-refractivity contribution is 5.84. The first-order valence-corrected chi connectivity index (χ1v) is 4.94. The molecule has 2 atom stereocenters. The molecule has 0 aromatic carbocycles. The van der Waals surface area contributed by atoms with Gasteiger partial charge in [0.05, 0.1) is 12.2 Å². The maximum absolute atomic E-state index is 13.4. The van der Waals surface area contributed by atoms with Gasteiger partial charge in [-0.05, 0) is 27.7 Å². The lowest BCUT2D eigenvalue weighted by atomic mass is 10.1. The number of morpholine rings is 1. The number of rotatable bonds is 1. The van der Waals surface area contributed by atoms with Crippen LogP contribution < -0.4 is 0 Å². The van der Waals surface area contributed by atoms with E-state index < -0.39 is 11.6 Å². The van der Waals surface area contributed by atoms with E-state index in [0.717, 1.165) is 0 Å². The molecule has 82 valence electrons. The van der Waals surface area contributed by atoms with Gasteiger partial charge in [-0.15, -0.1) is 0 Å². The third-order valence-corrected chi connectivity index (χ3v) is 2.22. The summed E-state index contributed by atoms with van der Waals surface area (Å²) >= 11 is 0. The zero-order valence-corrected chi connectivity index (χ0v) is 9.21. The summed E-state index contributed by atoms with van der Waals surface area (Å²) in [6, 6.07) is 0. The second kappa shape index (κ2) is 3.85. The lowest BCUT2D eigenvalue weighted by Gasteiger charge is -2.37. The molecule has 0 bridgehead atoms. The van der Waals surface area contributed by atoms with Crippen LogP contribution >= 0.6 is 0 Å². The van der Waals surface area contributed by atoms with Crippen LogP contribution in [0, 0.1) is 0 Å². The quantitative estimate of drug-likeness (QED) is 0.644. The van der Waals surface area contributed by atoms with Crippen molar-refractivity contribution in [3.63, 3.8) is 0 Å². The van der Waals surface area contributed by atoms with Gasteiger partial charge in [0.2, 0.25) is 0 Å². The van der Waals surface area contributed by atoms with Gasteiger partial charge in [0, 0.05) is 13.1 Å². The Morgan fingerprint density at radius 2 is 1.79 bits per heavy atom. The minimum atomic E-state index is -1.78. The fraction of sp³-hybridized carbons (Fsp3) is 0.900. The Bertz CT molecular complexity index is 215. The number of ether oxygens (including phenoxy) is 1. The monoisotopic (exact) mass is 203 g/mol. The van der Waals surface area contributed by atoms with Crippen LogP contribution in [0.5, 0.6) is 0 Å². The fourth-order valence-electron chi connectivity index (χ4n) is 1.72. The molecule has 0 saturated carbocycles. The summed E-state index contributed by atoms with van der Waals surface area (Å²) in [6.45, 7) is 7.33. The summed E-state index contributed by atoms with van der Waals surface area (Å²) in [5.74, 6) is -0.445. The van der Waals surface area contributed by atoms with E-state index in [1.807, 2.05) is 13.8 Å². The Balaban J connectivity index is 2.64. The summed E-state index contributed by atoms with van der Waals surface area (Å²) in [5.41, 5.74) is -1.78. The Kier molecular flexibility index (Phi) is 3.14. The van der Waals surface area contributed by atoms with Gasteiger partial charge in [-0.1, -0.05) is 0 Å². The van der Waals surface area contributed by atoms with Gasteiger partial charge in [-0.25, -0.2) is 4.39 Å². The second-order valence-electron chi connectivity index (χ2n) is 4.44. The molecule has 0 N–H and O–H groups in total. The molecule has 0 radical (unpaired) electrons. The molecule has 3 nitrogen and oxygen atoms in total. The average Bonchev–Trinajstić information content (AvgIpc) is 1.99. The van der Waals surface area contributed by atoms with Crippen molar-refractivity contribution in [1.29, 1.82) is 0 Å². The molecule has 1 rings (SSSR count). The molecule has 0 aromatic rings. The second-order valence-corrected chi connectivity index (χ2v) is 4.44. The van der Waals surface area contributed by atoms with Crippen LogP contribution in [0.25, 0.3) is 0 Å². The number of carbonyl (C=O) groups is 1. The number of hydrogen-bond acceptors (Lipinski definition) is 2. The molecule has 1 amide bonds. The van der Waals surface area contributed by atoms with Gasteiger partial charge >= 0.3 is 0 Å². The van der Waals surface area contributed by atoms with E-state index in [-0.39, 0.29) is 12.2 Å². The highest BCUT2D eigenvalue weighted by atomic mass is 19.1. The lowest BCUT2D eigenvalue weighted by molar-refractivity contribution is -0.153. The van der Waals surface area contributed by atoms with Crippen molar-refractivity contribution < 1.29 is 13.9 Å². The summed E-state index contributed by atoms with van der Waals surface area (Å²) in [4.78, 5) is 13.1. The van der Waals surface area contributed by atoms with Crippen LogP contribution in [0.1, 0.15) is 27.7 Å². The Labute approximate surface area is 84.2 Å². The van der Waals surface area contributed by atoms with Crippen molar-refractivity contribution in [1.82, 2.24) is 4.90 Å². The van der Waals surface area contributed by atoms with Crippen molar-refractivity contribution in [2.24, 2.45) is 0 Å². The molecule has 4 heteroatoms. The molecular weight excluding hydrogens is 185 g/mol. The van der Waals surface area contributed by atoms with Crippen molar-refractivity contribution in [2.75, 3.05) is 13.1 Å². The summed E-state index contributed by atoms with van der Waals surface area (Å²) in [7, 11) is 0. The molecule has 0 aliphatic carbocycles. The Hall–Kier alpha value is -0.640. The fourth-order valence-corrected chi connectivity index (χ4v) is 1.72. The van der Waals surface area contributed by atoms with Crippen molar-refractivity contribution in [3.05, 3.63) is 0 Å². The zero-order valence-electron chi connectivity index (χ0n) is 9.21. The number of hydrogen-bond donors (Lipinski definition) is 0. The molecule has 1 heterocycles. The number of halogens is 1. The van der Waals surface area contributed by atoms with Gasteiger partial charge < -0.3 is 9.64 Å². The smallest absolute Gasteiger partial charge is 0.259 e. The molecule has 14 heavy (non-hydrogen) atoms. The Morgan fingerprint density at radius 1 is 1.36 bits per heavy atom. The molecule has 0 unspecified atom stereocenters. The van der Waals surface area contributed by atoms with E-state index >= 15 is 0 Å². The lowest BCUT2D eigenvalue weighted by Crippen LogP contribution is -2.52. The standard InChI is InChI=1S/C10H18FNO2/c1-7-5-12(6-8(2)14-7)9(13)10(3,4)11/h7-8H,5-6H2,1-4H3/t7-,8+. The van der Waals surface area contributed by atoms with Crippen molar-refractivity contribution in [3.8, 4) is 0 Å². The third kappa shape index (κ3) is 2.67. The molecule has 0 aromatic heterocycles. The van der Waals surface area contributed by atoms with Crippen LogP contribution in [0.2, 0.25) is 0 Å². The van der Waals surface area contributed by atoms with E-state index in [2.05, 4.69) is 0 Å². The SMILES string of the molecule is C[C@@H]1CN(C(=O)C(C)(C)F)C[C@H](C)O1. The number of alkyl halides is 1. The minimum Gasteiger partial charge on any atom is -0.372 e. The van der Waals surface area contributed by atoms with Crippen LogP contribution in [-0.2, 0) is 9.53 Å². The number of carbonyl (C=O) groups excluding carboxylic acids is 1. The summed E-state index contributed by atoms with van der Waals surface area (Å²) in [6.07, 6.45) is -0.0184. The van der Waals surface area contributed by atoms with E-state index in [1.165, 1.54) is 13.8 Å².